The third kappa shape index (κ3) is 4.08. The average Bonchev–Trinajstić information content (AvgIpc) is 3.37. The summed E-state index contributed by atoms with van der Waals surface area (Å²) < 4.78 is 60.2. The van der Waals surface area contributed by atoms with Crippen molar-refractivity contribution >= 4 is 31.5 Å². The highest BCUT2D eigenvalue weighted by molar-refractivity contribution is 7.92. The molecule has 2 heterocycles. The van der Waals surface area contributed by atoms with Crippen LogP contribution in [0.5, 0.6) is 0 Å². The van der Waals surface area contributed by atoms with Crippen molar-refractivity contribution < 1.29 is 26.0 Å². The van der Waals surface area contributed by atoms with E-state index in [9.17, 15) is 21.6 Å². The summed E-state index contributed by atoms with van der Waals surface area (Å²) in [5, 5.41) is 1.43. The second kappa shape index (κ2) is 8.19. The fourth-order valence-corrected chi connectivity index (χ4v) is 6.34. The van der Waals surface area contributed by atoms with Crippen LogP contribution in [0.25, 0.3) is 0 Å². The molecule has 0 bridgehead atoms. The van der Waals surface area contributed by atoms with Crippen LogP contribution in [0.3, 0.4) is 0 Å². The summed E-state index contributed by atoms with van der Waals surface area (Å²) in [7, 11) is -8.00. The summed E-state index contributed by atoms with van der Waals surface area (Å²) in [6, 6.07) is 13.7. The molecule has 0 radical (unpaired) electrons. The van der Waals surface area contributed by atoms with Gasteiger partial charge in [0.05, 0.1) is 22.0 Å². The lowest BCUT2D eigenvalue weighted by atomic mass is 10.0. The van der Waals surface area contributed by atoms with E-state index in [2.05, 4.69) is 10.0 Å². The summed E-state index contributed by atoms with van der Waals surface area (Å²) in [5.74, 6) is -0.548. The lowest BCUT2D eigenvalue weighted by Gasteiger charge is -2.17. The van der Waals surface area contributed by atoms with Crippen LogP contribution in [-0.2, 0) is 24.7 Å². The van der Waals surface area contributed by atoms with E-state index in [1.807, 2.05) is 6.92 Å². The predicted molar refractivity (Wildman–Crippen MR) is 118 cm³/mol. The van der Waals surface area contributed by atoms with E-state index in [0.717, 1.165) is 5.56 Å². The van der Waals surface area contributed by atoms with Crippen LogP contribution in [0.1, 0.15) is 35.0 Å². The van der Waals surface area contributed by atoms with Crippen molar-refractivity contribution in [1.29, 1.82) is 0 Å². The summed E-state index contributed by atoms with van der Waals surface area (Å²) in [5.41, 5.74) is 2.04. The van der Waals surface area contributed by atoms with E-state index in [0.29, 0.717) is 11.3 Å². The van der Waals surface area contributed by atoms with E-state index >= 15 is 0 Å². The second-order valence-corrected chi connectivity index (χ2v) is 11.6. The van der Waals surface area contributed by atoms with Gasteiger partial charge in [-0.1, -0.05) is 17.7 Å². The van der Waals surface area contributed by atoms with Crippen LogP contribution < -0.4 is 10.0 Å². The van der Waals surface area contributed by atoms with Crippen LogP contribution in [0.4, 0.5) is 5.69 Å². The van der Waals surface area contributed by atoms with Crippen molar-refractivity contribution in [2.24, 2.45) is 0 Å². The molecule has 8 nitrogen and oxygen atoms in total. The number of furan rings is 1. The number of carbonyl (C=O) groups is 1. The lowest BCUT2D eigenvalue weighted by Crippen LogP contribution is -2.32. The number of hydrogen-bond acceptors (Lipinski definition) is 6. The quantitative estimate of drug-likeness (QED) is 0.542. The molecule has 2 atom stereocenters. The van der Waals surface area contributed by atoms with Crippen molar-refractivity contribution in [3.05, 3.63) is 77.7 Å². The van der Waals surface area contributed by atoms with Crippen LogP contribution in [0, 0.1) is 6.92 Å². The number of rotatable bonds is 7. The Labute approximate surface area is 186 Å². The molecule has 0 fully saturated rings. The van der Waals surface area contributed by atoms with Gasteiger partial charge in [-0.25, -0.2) is 21.6 Å². The summed E-state index contributed by atoms with van der Waals surface area (Å²) >= 11 is 0. The van der Waals surface area contributed by atoms with Gasteiger partial charge in [-0.3, -0.25) is 4.79 Å². The topological polar surface area (TPSA) is 123 Å². The van der Waals surface area contributed by atoms with Crippen molar-refractivity contribution in [1.82, 2.24) is 4.72 Å². The van der Waals surface area contributed by atoms with Gasteiger partial charge in [0.15, 0.2) is 9.84 Å². The number of anilines is 1. The summed E-state index contributed by atoms with van der Waals surface area (Å²) in [6.07, 6.45) is 1.34. The Morgan fingerprint density at radius 2 is 1.72 bits per heavy atom. The van der Waals surface area contributed by atoms with E-state index in [4.69, 9.17) is 4.42 Å². The fraction of sp³-hybridized carbons (Fsp3) is 0.227. The Morgan fingerprint density at radius 1 is 1.03 bits per heavy atom. The molecule has 32 heavy (non-hydrogen) atoms. The number of sulfonamides is 1. The predicted octanol–water partition coefficient (Wildman–Crippen LogP) is 3.14. The van der Waals surface area contributed by atoms with E-state index in [-0.39, 0.29) is 21.5 Å². The Bertz CT molecular complexity index is 1360. The number of amides is 1. The van der Waals surface area contributed by atoms with E-state index < -0.39 is 37.6 Å². The molecule has 1 aromatic heterocycles. The van der Waals surface area contributed by atoms with Gasteiger partial charge in [-0.2, -0.15) is 0 Å². The Morgan fingerprint density at radius 3 is 2.38 bits per heavy atom. The molecule has 2 N–H and O–H groups in total. The fourth-order valence-electron chi connectivity index (χ4n) is 3.56. The maximum atomic E-state index is 13.3. The Kier molecular flexibility index (Phi) is 5.70. The number of carbonyl (C=O) groups excluding carboxylic acids is 1. The van der Waals surface area contributed by atoms with E-state index in [1.54, 1.807) is 25.1 Å². The van der Waals surface area contributed by atoms with Crippen molar-refractivity contribution in [3.8, 4) is 0 Å². The Hall–Kier alpha value is -2.95. The molecule has 1 aliphatic rings. The molecule has 0 saturated heterocycles. The zero-order valence-electron chi connectivity index (χ0n) is 17.4. The largest absolute Gasteiger partial charge is 0.468 e. The first-order valence-electron chi connectivity index (χ1n) is 9.88. The number of hydrogen-bond donors (Lipinski definition) is 2. The molecule has 3 aromatic rings. The molecule has 168 valence electrons. The smallest absolute Gasteiger partial charge is 0.240 e. The van der Waals surface area contributed by atoms with Crippen LogP contribution >= 0.6 is 0 Å². The van der Waals surface area contributed by atoms with Crippen LogP contribution in [0.2, 0.25) is 0 Å². The van der Waals surface area contributed by atoms with Gasteiger partial charge in [-0.15, -0.1) is 0 Å². The van der Waals surface area contributed by atoms with Gasteiger partial charge in [0.2, 0.25) is 15.9 Å². The zero-order chi connectivity index (χ0) is 23.1. The van der Waals surface area contributed by atoms with Gasteiger partial charge in [0, 0.05) is 12.2 Å². The molecule has 2 aromatic carbocycles. The molecule has 4 rings (SSSR count). The number of nitrogens with one attached hydrogen (secondary N) is 2. The molecular weight excluding hydrogens is 452 g/mol. The van der Waals surface area contributed by atoms with Gasteiger partial charge >= 0.3 is 0 Å². The monoisotopic (exact) mass is 474 g/mol. The molecule has 1 aliphatic heterocycles. The minimum atomic E-state index is -4.05. The molecule has 0 aliphatic carbocycles. The number of sulfone groups is 1. The molecule has 10 heteroatoms. The zero-order valence-corrected chi connectivity index (χ0v) is 19.0. The first kappa shape index (κ1) is 22.3. The molecule has 1 amide bonds. The highest BCUT2D eigenvalue weighted by atomic mass is 32.2. The van der Waals surface area contributed by atoms with E-state index in [1.165, 1.54) is 42.7 Å². The molecular formula is C22H22N2O6S2. The number of fused-ring (bicyclic) bond motifs is 1. The first-order valence-corrected chi connectivity index (χ1v) is 12.9. The van der Waals surface area contributed by atoms with Crippen LogP contribution in [-0.4, -0.2) is 29.3 Å². The minimum Gasteiger partial charge on any atom is -0.468 e. The third-order valence-corrected chi connectivity index (χ3v) is 8.99. The van der Waals surface area contributed by atoms with Gasteiger partial charge in [0.25, 0.3) is 0 Å². The van der Waals surface area contributed by atoms with Gasteiger partial charge in [0.1, 0.15) is 11.0 Å². The van der Waals surface area contributed by atoms with Crippen molar-refractivity contribution in [3.63, 3.8) is 0 Å². The maximum Gasteiger partial charge on any atom is 0.240 e. The average molecular weight is 475 g/mol. The molecule has 0 unspecified atom stereocenters. The van der Waals surface area contributed by atoms with Crippen molar-refractivity contribution in [2.75, 3.05) is 11.9 Å². The van der Waals surface area contributed by atoms with Gasteiger partial charge < -0.3 is 9.73 Å². The highest BCUT2D eigenvalue weighted by Gasteiger charge is 2.34. The third-order valence-electron chi connectivity index (χ3n) is 5.49. The molecule has 0 saturated carbocycles. The van der Waals surface area contributed by atoms with Gasteiger partial charge in [-0.05, 0) is 61.9 Å². The standard InChI is InChI=1S/C22H22N2O6S2/c1-14-5-7-16(8-6-14)31(26,27)21(20-4-3-11-30-20)13-23-32(28,29)17-9-10-19-18(12-17)15(2)22(25)24-19/h3-12,15,21,23H,13H2,1-2H3,(H,24,25)/t15-,21-/m1/s1. The summed E-state index contributed by atoms with van der Waals surface area (Å²) in [6.45, 7) is 3.11. The van der Waals surface area contributed by atoms with Crippen LogP contribution in [0.15, 0.2) is 75.1 Å². The SMILES string of the molecule is Cc1ccc(S(=O)(=O)[C@H](CNS(=O)(=O)c2ccc3c(c2)[C@@H](C)C(=O)N3)c2ccco2)cc1. The normalized spacial score (nSPS) is 17.1. The highest BCUT2D eigenvalue weighted by Crippen LogP contribution is 2.34. The number of aryl methyl sites for hydroxylation is 1. The Balaban J connectivity index is 1.63. The lowest BCUT2D eigenvalue weighted by molar-refractivity contribution is -0.116. The minimum absolute atomic E-state index is 0.0504. The van der Waals surface area contributed by atoms with Crippen molar-refractivity contribution in [2.45, 2.75) is 34.8 Å². The maximum absolute atomic E-state index is 13.3. The second-order valence-electron chi connectivity index (χ2n) is 7.67. The molecule has 0 spiro atoms. The number of benzene rings is 2. The first-order chi connectivity index (χ1) is 15.1. The summed E-state index contributed by atoms with van der Waals surface area (Å²) in [4.78, 5) is 11.9.